The van der Waals surface area contributed by atoms with Gasteiger partial charge in [-0.1, -0.05) is 18.2 Å². The Balaban J connectivity index is 1.41. The molecule has 1 N–H and O–H groups in total. The third-order valence-corrected chi connectivity index (χ3v) is 6.91. The summed E-state index contributed by atoms with van der Waals surface area (Å²) < 4.78 is 28.9. The highest BCUT2D eigenvalue weighted by molar-refractivity contribution is 7.91. The van der Waals surface area contributed by atoms with E-state index in [2.05, 4.69) is 0 Å². The predicted molar refractivity (Wildman–Crippen MR) is 89.9 cm³/mol. The highest BCUT2D eigenvalue weighted by Crippen LogP contribution is 2.20. The molecule has 7 heteroatoms. The van der Waals surface area contributed by atoms with Crippen LogP contribution in [0, 0.1) is 0 Å². The van der Waals surface area contributed by atoms with Gasteiger partial charge in [0.15, 0.2) is 15.6 Å². The zero-order valence-corrected chi connectivity index (χ0v) is 14.2. The van der Waals surface area contributed by atoms with E-state index in [4.69, 9.17) is 4.42 Å². The van der Waals surface area contributed by atoms with Crippen LogP contribution < -0.4 is 4.90 Å². The molecule has 0 saturated carbocycles. The van der Waals surface area contributed by atoms with Gasteiger partial charge in [-0.3, -0.25) is 4.79 Å². The molecule has 0 unspecified atom stereocenters. The van der Waals surface area contributed by atoms with Crippen molar-refractivity contribution in [3.8, 4) is 0 Å². The van der Waals surface area contributed by atoms with Crippen molar-refractivity contribution < 1.29 is 22.5 Å². The van der Waals surface area contributed by atoms with Crippen molar-refractivity contribution in [1.29, 1.82) is 0 Å². The molecule has 3 heterocycles. The molecule has 1 atom stereocenters. The van der Waals surface area contributed by atoms with Crippen LogP contribution >= 0.6 is 0 Å². The Bertz CT molecular complexity index is 833. The average Bonchev–Trinajstić information content (AvgIpc) is 3.17. The number of amides is 1. The Hall–Kier alpha value is -1.86. The van der Waals surface area contributed by atoms with Crippen LogP contribution in [0.1, 0.15) is 17.0 Å². The predicted octanol–water partition coefficient (Wildman–Crippen LogP) is -0.0394. The number of sulfone groups is 1. The fourth-order valence-electron chi connectivity index (χ4n) is 3.77. The van der Waals surface area contributed by atoms with E-state index in [0.29, 0.717) is 30.4 Å². The molecule has 2 saturated heterocycles. The number of furan rings is 1. The minimum atomic E-state index is -2.85. The van der Waals surface area contributed by atoms with E-state index in [0.717, 1.165) is 30.5 Å². The van der Waals surface area contributed by atoms with Crippen molar-refractivity contribution in [2.45, 2.75) is 12.5 Å². The molecule has 2 fully saturated rings. The number of nitrogens with one attached hydrogen (secondary N) is 1. The van der Waals surface area contributed by atoms with Gasteiger partial charge in [-0.25, -0.2) is 8.42 Å². The van der Waals surface area contributed by atoms with Crippen molar-refractivity contribution in [2.75, 3.05) is 37.7 Å². The van der Waals surface area contributed by atoms with Gasteiger partial charge >= 0.3 is 0 Å². The molecule has 2 aliphatic rings. The molecule has 0 bridgehead atoms. The summed E-state index contributed by atoms with van der Waals surface area (Å²) in [6, 6.07) is 9.58. The standard InChI is InChI=1S/C17H20N2O4S/c20-17(16-11-13-3-1-2-4-15(13)23-16)19-8-6-18(7-9-19)14-5-10-24(21,22)12-14/h1-4,11,14H,5-10,12H2/p+1/t14-/m1/s1. The van der Waals surface area contributed by atoms with E-state index in [-0.39, 0.29) is 11.9 Å². The fourth-order valence-corrected chi connectivity index (χ4v) is 5.59. The fraction of sp³-hybridized carbons (Fsp3) is 0.471. The largest absolute Gasteiger partial charge is 0.451 e. The van der Waals surface area contributed by atoms with Crippen LogP contribution in [0.25, 0.3) is 11.0 Å². The molecule has 0 radical (unpaired) electrons. The van der Waals surface area contributed by atoms with Crippen molar-refractivity contribution in [3.05, 3.63) is 36.1 Å². The molecule has 4 rings (SSSR count). The van der Waals surface area contributed by atoms with Crippen molar-refractivity contribution in [2.24, 2.45) is 0 Å². The van der Waals surface area contributed by atoms with Crippen molar-refractivity contribution in [1.82, 2.24) is 4.90 Å². The quantitative estimate of drug-likeness (QED) is 0.826. The van der Waals surface area contributed by atoms with Crippen LogP contribution in [-0.2, 0) is 9.84 Å². The number of nitrogens with zero attached hydrogens (tertiary/aromatic N) is 1. The Morgan fingerprint density at radius 1 is 1.21 bits per heavy atom. The topological polar surface area (TPSA) is 72.0 Å². The van der Waals surface area contributed by atoms with Gasteiger partial charge in [-0.15, -0.1) is 0 Å². The Kier molecular flexibility index (Phi) is 3.85. The maximum Gasteiger partial charge on any atom is 0.290 e. The first kappa shape index (κ1) is 15.7. The second kappa shape index (κ2) is 5.89. The first-order valence-electron chi connectivity index (χ1n) is 8.35. The monoisotopic (exact) mass is 349 g/mol. The first-order valence-corrected chi connectivity index (χ1v) is 10.2. The molecule has 24 heavy (non-hydrogen) atoms. The molecule has 6 nitrogen and oxygen atoms in total. The molecular formula is C17H21N2O4S+. The van der Waals surface area contributed by atoms with Crippen LogP contribution in [0.2, 0.25) is 0 Å². The van der Waals surface area contributed by atoms with E-state index in [1.165, 1.54) is 4.90 Å². The van der Waals surface area contributed by atoms with Gasteiger partial charge in [0.05, 0.1) is 31.9 Å². The molecule has 1 amide bonds. The highest BCUT2D eigenvalue weighted by Gasteiger charge is 2.37. The maximum atomic E-state index is 12.6. The molecule has 1 aromatic heterocycles. The second-order valence-corrected chi connectivity index (χ2v) is 8.93. The van der Waals surface area contributed by atoms with Crippen LogP contribution in [-0.4, -0.2) is 63.0 Å². The summed E-state index contributed by atoms with van der Waals surface area (Å²) in [4.78, 5) is 15.7. The zero-order valence-electron chi connectivity index (χ0n) is 13.4. The Morgan fingerprint density at radius 3 is 2.62 bits per heavy atom. The van der Waals surface area contributed by atoms with Gasteiger partial charge in [0, 0.05) is 11.8 Å². The molecule has 128 valence electrons. The van der Waals surface area contributed by atoms with E-state index in [9.17, 15) is 13.2 Å². The lowest BCUT2D eigenvalue weighted by Gasteiger charge is -2.34. The summed E-state index contributed by atoms with van der Waals surface area (Å²) in [5.41, 5.74) is 0.723. The normalized spacial score (nSPS) is 24.5. The molecular weight excluding hydrogens is 328 g/mol. The molecule has 1 aromatic carbocycles. The lowest BCUT2D eigenvalue weighted by molar-refractivity contribution is -0.925. The number of para-hydroxylation sites is 1. The van der Waals surface area contributed by atoms with Gasteiger partial charge in [-0.2, -0.15) is 0 Å². The van der Waals surface area contributed by atoms with Crippen LogP contribution in [0.4, 0.5) is 0 Å². The highest BCUT2D eigenvalue weighted by atomic mass is 32.2. The van der Waals surface area contributed by atoms with Gasteiger partial charge < -0.3 is 14.2 Å². The van der Waals surface area contributed by atoms with Gasteiger partial charge in [0.25, 0.3) is 5.91 Å². The van der Waals surface area contributed by atoms with Crippen molar-refractivity contribution >= 4 is 26.7 Å². The van der Waals surface area contributed by atoms with Gasteiger partial charge in [0.2, 0.25) is 0 Å². The summed E-state index contributed by atoms with van der Waals surface area (Å²) in [5.74, 6) is 0.898. The lowest BCUT2D eigenvalue weighted by atomic mass is 10.2. The first-order chi connectivity index (χ1) is 11.5. The van der Waals surface area contributed by atoms with Crippen LogP contribution in [0.15, 0.2) is 34.7 Å². The summed E-state index contributed by atoms with van der Waals surface area (Å²) in [5, 5.41) is 0.932. The van der Waals surface area contributed by atoms with E-state index in [1.54, 1.807) is 6.07 Å². The summed E-state index contributed by atoms with van der Waals surface area (Å²) >= 11 is 0. The minimum Gasteiger partial charge on any atom is -0.451 e. The third kappa shape index (κ3) is 2.93. The smallest absolute Gasteiger partial charge is 0.290 e. The SMILES string of the molecule is O=C(c1cc2ccccc2o1)N1CC[NH+]([C@@H]2CCS(=O)(=O)C2)CC1. The summed E-state index contributed by atoms with van der Waals surface area (Å²) in [7, 11) is -2.85. The maximum absolute atomic E-state index is 12.6. The molecule has 0 spiro atoms. The average molecular weight is 349 g/mol. The number of hydrogen-bond donors (Lipinski definition) is 1. The van der Waals surface area contributed by atoms with E-state index >= 15 is 0 Å². The van der Waals surface area contributed by atoms with Crippen molar-refractivity contribution in [3.63, 3.8) is 0 Å². The van der Waals surface area contributed by atoms with Crippen LogP contribution in [0.5, 0.6) is 0 Å². The molecule has 0 aliphatic carbocycles. The Morgan fingerprint density at radius 2 is 1.96 bits per heavy atom. The Labute approximate surface area is 140 Å². The van der Waals surface area contributed by atoms with Gasteiger partial charge in [0.1, 0.15) is 17.4 Å². The van der Waals surface area contributed by atoms with E-state index in [1.807, 2.05) is 29.2 Å². The lowest BCUT2D eigenvalue weighted by Crippen LogP contribution is -3.18. The number of benzene rings is 1. The number of carbonyl (C=O) groups excluding carboxylic acids is 1. The number of hydrogen-bond acceptors (Lipinski definition) is 4. The van der Waals surface area contributed by atoms with Crippen LogP contribution in [0.3, 0.4) is 0 Å². The molecule has 2 aliphatic heterocycles. The number of rotatable bonds is 2. The number of carbonyl (C=O) groups is 1. The number of piperazine rings is 1. The van der Waals surface area contributed by atoms with E-state index < -0.39 is 9.84 Å². The summed E-state index contributed by atoms with van der Waals surface area (Å²) in [6.07, 6.45) is 0.745. The summed E-state index contributed by atoms with van der Waals surface area (Å²) in [6.45, 7) is 2.88. The number of quaternary nitrogens is 1. The minimum absolute atomic E-state index is 0.0794. The zero-order chi connectivity index (χ0) is 16.7. The number of fused-ring (bicyclic) bond motifs is 1. The third-order valence-electron chi connectivity index (χ3n) is 5.14. The van der Waals surface area contributed by atoms with Gasteiger partial charge in [-0.05, 0) is 12.1 Å². The molecule has 2 aromatic rings. The second-order valence-electron chi connectivity index (χ2n) is 6.70.